The first kappa shape index (κ1) is 10.2. The number of amides is 1. The summed E-state index contributed by atoms with van der Waals surface area (Å²) in [4.78, 5) is 13.9. The first-order valence-electron chi connectivity index (χ1n) is 5.51. The molecule has 0 N–H and O–H groups in total. The lowest BCUT2D eigenvalue weighted by atomic mass is 9.95. The van der Waals surface area contributed by atoms with Crippen LogP contribution >= 0.6 is 0 Å². The van der Waals surface area contributed by atoms with E-state index in [1.54, 1.807) is 19.1 Å². The molecule has 2 atom stereocenters. The molecule has 0 saturated heterocycles. The van der Waals surface area contributed by atoms with E-state index < -0.39 is 5.41 Å². The Labute approximate surface area is 99.4 Å². The fraction of sp³-hybridized carbons (Fsp3) is 0.385. The van der Waals surface area contributed by atoms with E-state index in [9.17, 15) is 4.79 Å². The maximum absolute atomic E-state index is 12.2. The summed E-state index contributed by atoms with van der Waals surface area (Å²) in [6.07, 6.45) is 0.632. The number of carbonyl (C=O) groups excluding carboxylic acids is 1. The SMILES string of the molecule is COc1ccc2c(c1)[C@@]1(C[C@@H]1C#N)C(=O)N2C. The number of ether oxygens (including phenoxy) is 1. The van der Waals surface area contributed by atoms with Crippen molar-refractivity contribution in [2.45, 2.75) is 11.8 Å². The zero-order chi connectivity index (χ0) is 12.2. The molecule has 86 valence electrons. The fourth-order valence-electron chi connectivity index (χ4n) is 2.77. The Morgan fingerprint density at radius 1 is 1.59 bits per heavy atom. The third-order valence-electron chi connectivity index (χ3n) is 3.85. The highest BCUT2D eigenvalue weighted by Crippen LogP contribution is 2.61. The Kier molecular flexibility index (Phi) is 1.80. The second-order valence-electron chi connectivity index (χ2n) is 4.60. The molecule has 0 aromatic heterocycles. The minimum atomic E-state index is -0.590. The van der Waals surface area contributed by atoms with Crippen LogP contribution in [0, 0.1) is 17.2 Å². The predicted octanol–water partition coefficient (Wildman–Crippen LogP) is 1.45. The van der Waals surface area contributed by atoms with E-state index in [-0.39, 0.29) is 11.8 Å². The number of benzene rings is 1. The molecule has 4 heteroatoms. The molecule has 1 amide bonds. The van der Waals surface area contributed by atoms with Crippen LogP contribution < -0.4 is 9.64 Å². The van der Waals surface area contributed by atoms with Crippen LogP contribution in [-0.2, 0) is 10.2 Å². The topological polar surface area (TPSA) is 53.3 Å². The largest absolute Gasteiger partial charge is 0.497 e. The van der Waals surface area contributed by atoms with Crippen LogP contribution in [0.25, 0.3) is 0 Å². The zero-order valence-electron chi connectivity index (χ0n) is 9.73. The number of likely N-dealkylation sites (N-methyl/N-ethyl adjacent to an activating group) is 1. The average Bonchev–Trinajstić information content (AvgIpc) is 3.07. The summed E-state index contributed by atoms with van der Waals surface area (Å²) < 4.78 is 5.19. The van der Waals surface area contributed by atoms with Gasteiger partial charge in [0.25, 0.3) is 0 Å². The number of nitriles is 1. The average molecular weight is 228 g/mol. The van der Waals surface area contributed by atoms with Gasteiger partial charge in [-0.1, -0.05) is 0 Å². The van der Waals surface area contributed by atoms with Gasteiger partial charge < -0.3 is 9.64 Å². The third-order valence-corrected chi connectivity index (χ3v) is 3.85. The van der Waals surface area contributed by atoms with Crippen molar-refractivity contribution in [2.24, 2.45) is 5.92 Å². The van der Waals surface area contributed by atoms with Gasteiger partial charge in [0.2, 0.25) is 5.91 Å². The molecule has 1 aliphatic carbocycles. The molecule has 1 aliphatic heterocycles. The number of hydrogen-bond acceptors (Lipinski definition) is 3. The molecule has 17 heavy (non-hydrogen) atoms. The Morgan fingerprint density at radius 3 is 2.94 bits per heavy atom. The minimum absolute atomic E-state index is 0.0345. The molecular formula is C13H12N2O2. The van der Waals surface area contributed by atoms with E-state index in [0.29, 0.717) is 6.42 Å². The molecule has 2 aliphatic rings. The second kappa shape index (κ2) is 3.01. The molecule has 1 heterocycles. The quantitative estimate of drug-likeness (QED) is 0.731. The lowest BCUT2D eigenvalue weighted by Gasteiger charge is -2.09. The monoisotopic (exact) mass is 228 g/mol. The highest BCUT2D eigenvalue weighted by Gasteiger charge is 2.67. The summed E-state index contributed by atoms with van der Waals surface area (Å²) in [5.41, 5.74) is 1.25. The van der Waals surface area contributed by atoms with Crippen LogP contribution in [0.1, 0.15) is 12.0 Å². The van der Waals surface area contributed by atoms with Gasteiger partial charge in [-0.2, -0.15) is 5.26 Å². The molecule has 0 bridgehead atoms. The normalized spacial score (nSPS) is 29.1. The summed E-state index contributed by atoms with van der Waals surface area (Å²) in [5.74, 6) is 0.577. The first-order chi connectivity index (χ1) is 8.15. The van der Waals surface area contributed by atoms with Crippen LogP contribution in [0.2, 0.25) is 0 Å². The van der Waals surface area contributed by atoms with Crippen molar-refractivity contribution < 1.29 is 9.53 Å². The summed E-state index contributed by atoms with van der Waals surface area (Å²) in [6, 6.07) is 7.82. The van der Waals surface area contributed by atoms with Gasteiger partial charge in [0, 0.05) is 12.7 Å². The van der Waals surface area contributed by atoms with Gasteiger partial charge >= 0.3 is 0 Å². The summed E-state index contributed by atoms with van der Waals surface area (Å²) in [6.45, 7) is 0. The highest BCUT2D eigenvalue weighted by molar-refractivity contribution is 6.10. The molecule has 4 nitrogen and oxygen atoms in total. The molecule has 0 unspecified atom stereocenters. The lowest BCUT2D eigenvalue weighted by Crippen LogP contribution is -2.29. The maximum atomic E-state index is 12.2. The van der Waals surface area contributed by atoms with Crippen LogP contribution in [0.5, 0.6) is 5.75 Å². The van der Waals surface area contributed by atoms with E-state index in [1.807, 2.05) is 18.2 Å². The van der Waals surface area contributed by atoms with E-state index in [1.165, 1.54) is 0 Å². The van der Waals surface area contributed by atoms with Crippen molar-refractivity contribution in [1.82, 2.24) is 0 Å². The van der Waals surface area contributed by atoms with Crippen molar-refractivity contribution in [3.8, 4) is 11.8 Å². The number of hydrogen-bond donors (Lipinski definition) is 0. The van der Waals surface area contributed by atoms with E-state index in [4.69, 9.17) is 10.00 Å². The molecule has 0 radical (unpaired) electrons. The van der Waals surface area contributed by atoms with E-state index >= 15 is 0 Å². The number of rotatable bonds is 1. The highest BCUT2D eigenvalue weighted by atomic mass is 16.5. The van der Waals surface area contributed by atoms with Crippen molar-refractivity contribution in [3.63, 3.8) is 0 Å². The molecule has 1 fully saturated rings. The van der Waals surface area contributed by atoms with Crippen LogP contribution in [0.3, 0.4) is 0 Å². The van der Waals surface area contributed by atoms with Gasteiger partial charge in [0.05, 0.1) is 24.5 Å². The van der Waals surface area contributed by atoms with E-state index in [2.05, 4.69) is 6.07 Å². The molecule has 3 rings (SSSR count). The Bertz CT molecular complexity index is 561. The van der Waals surface area contributed by atoms with Gasteiger partial charge in [-0.15, -0.1) is 0 Å². The summed E-state index contributed by atoms with van der Waals surface area (Å²) in [7, 11) is 3.36. The molecular weight excluding hydrogens is 216 g/mol. The van der Waals surface area contributed by atoms with Crippen LogP contribution in [0.4, 0.5) is 5.69 Å². The number of carbonyl (C=O) groups is 1. The van der Waals surface area contributed by atoms with Gasteiger partial charge in [0.15, 0.2) is 0 Å². The van der Waals surface area contributed by atoms with Crippen molar-refractivity contribution in [1.29, 1.82) is 5.26 Å². The summed E-state index contributed by atoms with van der Waals surface area (Å²) >= 11 is 0. The van der Waals surface area contributed by atoms with Gasteiger partial charge in [-0.3, -0.25) is 4.79 Å². The predicted molar refractivity (Wildman–Crippen MR) is 61.8 cm³/mol. The number of anilines is 1. The zero-order valence-corrected chi connectivity index (χ0v) is 9.73. The molecule has 1 aromatic rings. The Hall–Kier alpha value is -2.02. The maximum Gasteiger partial charge on any atom is 0.238 e. The lowest BCUT2D eigenvalue weighted by molar-refractivity contribution is -0.120. The standard InChI is InChI=1S/C13H12N2O2/c1-15-11-4-3-9(17-2)5-10(11)13(12(15)16)6-8(13)7-14/h3-5,8H,6H2,1-2H3/t8-,13+/m1/s1. The number of fused-ring (bicyclic) bond motifs is 2. The van der Waals surface area contributed by atoms with E-state index in [0.717, 1.165) is 17.0 Å². The smallest absolute Gasteiger partial charge is 0.238 e. The molecule has 1 aromatic carbocycles. The second-order valence-corrected chi connectivity index (χ2v) is 4.60. The summed E-state index contributed by atoms with van der Waals surface area (Å²) in [5, 5.41) is 9.04. The van der Waals surface area contributed by atoms with Crippen LogP contribution in [-0.4, -0.2) is 20.1 Å². The van der Waals surface area contributed by atoms with Crippen molar-refractivity contribution in [3.05, 3.63) is 23.8 Å². The van der Waals surface area contributed by atoms with Gasteiger partial charge in [0.1, 0.15) is 5.75 Å². The minimum Gasteiger partial charge on any atom is -0.497 e. The molecule has 1 spiro atoms. The molecule has 1 saturated carbocycles. The van der Waals surface area contributed by atoms with Crippen molar-refractivity contribution in [2.75, 3.05) is 19.1 Å². The third kappa shape index (κ3) is 1.04. The van der Waals surface area contributed by atoms with Crippen molar-refractivity contribution >= 4 is 11.6 Å². The first-order valence-corrected chi connectivity index (χ1v) is 5.51. The van der Waals surface area contributed by atoms with Gasteiger partial charge in [-0.25, -0.2) is 0 Å². The van der Waals surface area contributed by atoms with Gasteiger partial charge in [-0.05, 0) is 30.2 Å². The Morgan fingerprint density at radius 2 is 2.35 bits per heavy atom. The fourth-order valence-corrected chi connectivity index (χ4v) is 2.77. The number of methoxy groups -OCH3 is 1. The number of nitrogens with zero attached hydrogens (tertiary/aromatic N) is 2. The van der Waals surface area contributed by atoms with Crippen LogP contribution in [0.15, 0.2) is 18.2 Å². The Balaban J connectivity index is 2.19.